The highest BCUT2D eigenvalue weighted by Gasteiger charge is 2.52. The van der Waals surface area contributed by atoms with E-state index in [-0.39, 0.29) is 0 Å². The van der Waals surface area contributed by atoms with E-state index in [4.69, 9.17) is 0 Å². The molecule has 15 heavy (non-hydrogen) atoms. The Labute approximate surface area is 96.0 Å². The average Bonchev–Trinajstić information content (AvgIpc) is 2.72. The first kappa shape index (κ1) is 13.0. The van der Waals surface area contributed by atoms with E-state index in [9.17, 15) is 0 Å². The van der Waals surface area contributed by atoms with Gasteiger partial charge in [0, 0.05) is 0 Å². The molecule has 90 valence electrons. The molecule has 0 amide bonds. The molecule has 1 atom stereocenters. The van der Waals surface area contributed by atoms with Gasteiger partial charge in [0.1, 0.15) is 0 Å². The normalized spacial score (nSPS) is 23.8. The van der Waals surface area contributed by atoms with Crippen molar-refractivity contribution in [2.45, 2.75) is 53.9 Å². The minimum absolute atomic E-state index is 0.699. The van der Waals surface area contributed by atoms with Crippen LogP contribution in [0.15, 0.2) is 0 Å². The van der Waals surface area contributed by atoms with E-state index in [1.165, 1.54) is 25.8 Å². The molecule has 0 aromatic carbocycles. The fourth-order valence-corrected chi connectivity index (χ4v) is 3.25. The van der Waals surface area contributed by atoms with Crippen molar-refractivity contribution >= 4 is 0 Å². The first-order chi connectivity index (χ1) is 7.00. The summed E-state index contributed by atoms with van der Waals surface area (Å²) in [6.45, 7) is 14.0. The number of rotatable bonds is 7. The van der Waals surface area contributed by atoms with Gasteiger partial charge in [0.2, 0.25) is 0 Å². The van der Waals surface area contributed by atoms with E-state index in [1.54, 1.807) is 0 Å². The van der Waals surface area contributed by atoms with Crippen LogP contribution >= 0.6 is 0 Å². The Morgan fingerprint density at radius 1 is 1.13 bits per heavy atom. The Bertz CT molecular complexity index is 174. The van der Waals surface area contributed by atoms with Crippen LogP contribution in [0.5, 0.6) is 0 Å². The fraction of sp³-hybridized carbons (Fsp3) is 1.00. The predicted molar refractivity (Wildman–Crippen MR) is 68.0 cm³/mol. The van der Waals surface area contributed by atoms with E-state index in [0.29, 0.717) is 5.41 Å². The number of hydrogen-bond donors (Lipinski definition) is 1. The molecule has 0 aromatic heterocycles. The molecular formula is C14H29N. The first-order valence-electron chi connectivity index (χ1n) is 6.71. The Morgan fingerprint density at radius 3 is 2.07 bits per heavy atom. The van der Waals surface area contributed by atoms with Gasteiger partial charge in [-0.1, -0.05) is 34.6 Å². The van der Waals surface area contributed by atoms with Crippen molar-refractivity contribution in [2.24, 2.45) is 23.2 Å². The van der Waals surface area contributed by atoms with Gasteiger partial charge in [-0.3, -0.25) is 0 Å². The third-order valence-corrected chi connectivity index (χ3v) is 3.63. The van der Waals surface area contributed by atoms with Crippen LogP contribution in [-0.2, 0) is 0 Å². The monoisotopic (exact) mass is 211 g/mol. The molecule has 1 N–H and O–H groups in total. The summed E-state index contributed by atoms with van der Waals surface area (Å²) in [6, 6.07) is 0. The molecule has 0 saturated heterocycles. The largest absolute Gasteiger partial charge is 0.317 e. The van der Waals surface area contributed by atoms with Gasteiger partial charge in [0.05, 0.1) is 0 Å². The molecule has 0 spiro atoms. The van der Waals surface area contributed by atoms with E-state index in [1.807, 2.05) is 0 Å². The molecule has 1 unspecified atom stereocenters. The molecule has 1 nitrogen and oxygen atoms in total. The summed E-state index contributed by atoms with van der Waals surface area (Å²) in [5, 5.41) is 3.51. The highest BCUT2D eigenvalue weighted by Crippen LogP contribution is 2.60. The molecule has 0 aliphatic heterocycles. The molecular weight excluding hydrogens is 182 g/mol. The molecule has 0 radical (unpaired) electrons. The van der Waals surface area contributed by atoms with Crippen molar-refractivity contribution in [1.82, 2.24) is 5.32 Å². The Hall–Kier alpha value is -0.0400. The molecule has 1 rings (SSSR count). The van der Waals surface area contributed by atoms with Crippen molar-refractivity contribution in [3.8, 4) is 0 Å². The summed E-state index contributed by atoms with van der Waals surface area (Å²) in [7, 11) is 0. The van der Waals surface area contributed by atoms with Crippen LogP contribution in [0.1, 0.15) is 53.9 Å². The minimum Gasteiger partial charge on any atom is -0.317 e. The lowest BCUT2D eigenvalue weighted by Gasteiger charge is -2.22. The lowest BCUT2D eigenvalue weighted by molar-refractivity contribution is 0.291. The molecule has 1 aliphatic rings. The van der Waals surface area contributed by atoms with E-state index < -0.39 is 0 Å². The average molecular weight is 211 g/mol. The summed E-state index contributed by atoms with van der Waals surface area (Å²) in [4.78, 5) is 0. The maximum absolute atomic E-state index is 3.51. The van der Waals surface area contributed by atoms with Crippen LogP contribution in [-0.4, -0.2) is 13.1 Å². The lowest BCUT2D eigenvalue weighted by atomic mass is 9.84. The second kappa shape index (κ2) is 5.34. The molecule has 1 aliphatic carbocycles. The number of hydrogen-bond acceptors (Lipinski definition) is 1. The summed E-state index contributed by atoms with van der Waals surface area (Å²) in [5.41, 5.74) is 0.699. The van der Waals surface area contributed by atoms with Crippen LogP contribution in [0.3, 0.4) is 0 Å². The third kappa shape index (κ3) is 3.79. The standard InChI is InChI=1S/C14H29N/c1-6-15-10-13-9-14(13,7-11(2)3)8-12(4)5/h11-13,15H,6-10H2,1-5H3. The SMILES string of the molecule is CCNCC1CC1(CC(C)C)CC(C)C. The van der Waals surface area contributed by atoms with Gasteiger partial charge in [-0.2, -0.15) is 0 Å². The van der Waals surface area contributed by atoms with Crippen molar-refractivity contribution in [3.05, 3.63) is 0 Å². The zero-order valence-corrected chi connectivity index (χ0v) is 11.3. The summed E-state index contributed by atoms with van der Waals surface area (Å²) in [6.07, 6.45) is 4.33. The summed E-state index contributed by atoms with van der Waals surface area (Å²) in [5.74, 6) is 2.67. The second-order valence-electron chi connectivity index (χ2n) is 6.27. The maximum Gasteiger partial charge on any atom is -0.00151 e. The topological polar surface area (TPSA) is 12.0 Å². The fourth-order valence-electron chi connectivity index (χ4n) is 3.25. The van der Waals surface area contributed by atoms with Crippen LogP contribution in [0.4, 0.5) is 0 Å². The first-order valence-corrected chi connectivity index (χ1v) is 6.71. The van der Waals surface area contributed by atoms with Gasteiger partial charge in [-0.25, -0.2) is 0 Å². The van der Waals surface area contributed by atoms with Gasteiger partial charge in [-0.05, 0) is 55.5 Å². The van der Waals surface area contributed by atoms with Gasteiger partial charge in [0.15, 0.2) is 0 Å². The van der Waals surface area contributed by atoms with Crippen molar-refractivity contribution < 1.29 is 0 Å². The number of nitrogens with one attached hydrogen (secondary N) is 1. The zero-order valence-electron chi connectivity index (χ0n) is 11.3. The van der Waals surface area contributed by atoms with Crippen LogP contribution in [0.2, 0.25) is 0 Å². The van der Waals surface area contributed by atoms with E-state index in [0.717, 1.165) is 24.3 Å². The Balaban J connectivity index is 2.43. The molecule has 1 fully saturated rings. The maximum atomic E-state index is 3.51. The van der Waals surface area contributed by atoms with Gasteiger partial charge >= 0.3 is 0 Å². The van der Waals surface area contributed by atoms with Crippen LogP contribution in [0.25, 0.3) is 0 Å². The molecule has 0 aromatic rings. The van der Waals surface area contributed by atoms with Gasteiger partial charge in [-0.15, -0.1) is 0 Å². The van der Waals surface area contributed by atoms with Crippen molar-refractivity contribution in [1.29, 1.82) is 0 Å². The molecule has 0 heterocycles. The summed E-state index contributed by atoms with van der Waals surface area (Å²) >= 11 is 0. The quantitative estimate of drug-likeness (QED) is 0.677. The smallest absolute Gasteiger partial charge is 0.00151 e. The van der Waals surface area contributed by atoms with Crippen molar-refractivity contribution in [3.63, 3.8) is 0 Å². The second-order valence-corrected chi connectivity index (χ2v) is 6.27. The molecule has 0 bridgehead atoms. The lowest BCUT2D eigenvalue weighted by Crippen LogP contribution is -2.21. The zero-order chi connectivity index (χ0) is 11.5. The van der Waals surface area contributed by atoms with E-state index >= 15 is 0 Å². The highest BCUT2D eigenvalue weighted by molar-refractivity contribution is 5.03. The van der Waals surface area contributed by atoms with E-state index in [2.05, 4.69) is 39.9 Å². The third-order valence-electron chi connectivity index (χ3n) is 3.63. The Morgan fingerprint density at radius 2 is 1.67 bits per heavy atom. The Kier molecular flexibility index (Phi) is 4.64. The molecule has 1 saturated carbocycles. The van der Waals surface area contributed by atoms with Crippen molar-refractivity contribution in [2.75, 3.05) is 13.1 Å². The summed E-state index contributed by atoms with van der Waals surface area (Å²) < 4.78 is 0. The van der Waals surface area contributed by atoms with Crippen LogP contribution < -0.4 is 5.32 Å². The minimum atomic E-state index is 0.699. The predicted octanol–water partition coefficient (Wildman–Crippen LogP) is 3.69. The van der Waals surface area contributed by atoms with Gasteiger partial charge in [0.25, 0.3) is 0 Å². The van der Waals surface area contributed by atoms with Crippen LogP contribution in [0, 0.1) is 23.2 Å². The van der Waals surface area contributed by atoms with Gasteiger partial charge < -0.3 is 5.32 Å². The highest BCUT2D eigenvalue weighted by atomic mass is 14.9. The molecule has 1 heteroatoms.